The fourth-order valence-electron chi connectivity index (χ4n) is 0.539. The van der Waals surface area contributed by atoms with Gasteiger partial charge < -0.3 is 14.9 Å². The van der Waals surface area contributed by atoms with Gasteiger partial charge in [-0.05, 0) is 0 Å². The third-order valence-corrected chi connectivity index (χ3v) is 1.99. The van der Waals surface area contributed by atoms with Crippen LogP contribution in [-0.2, 0) is 4.74 Å². The first-order valence-electron chi connectivity index (χ1n) is 2.39. The van der Waals surface area contributed by atoms with Crippen LogP contribution in [0.15, 0.2) is 0 Å². The maximum atomic E-state index is 8.68. The first kappa shape index (κ1) is 15.6. The second kappa shape index (κ2) is 8.70. The molecule has 2 radical (unpaired) electrons. The second-order valence-electron chi connectivity index (χ2n) is 1.54. The van der Waals surface area contributed by atoms with E-state index in [-0.39, 0.29) is 100 Å². The van der Waals surface area contributed by atoms with Crippen LogP contribution in [0, 0.1) is 88.1 Å². The van der Waals surface area contributed by atoms with E-state index in [0.29, 0.717) is 5.75 Å². The zero-order valence-electron chi connectivity index (χ0n) is 5.43. The van der Waals surface area contributed by atoms with Crippen LogP contribution >= 0.6 is 11.8 Å². The Kier molecular flexibility index (Phi) is 13.6. The number of aliphatic hydroxyl groups excluding tert-OH is 2. The van der Waals surface area contributed by atoms with Crippen molar-refractivity contribution in [2.75, 3.05) is 12.4 Å². The molecule has 0 spiro atoms. The van der Waals surface area contributed by atoms with E-state index in [1.165, 1.54) is 11.8 Å². The normalized spacial score (nSPS) is 30.6. The van der Waals surface area contributed by atoms with Crippen molar-refractivity contribution in [3.8, 4) is 0 Å². The van der Waals surface area contributed by atoms with E-state index < -0.39 is 6.29 Å². The number of aliphatic hydroxyl groups is 2. The summed E-state index contributed by atoms with van der Waals surface area (Å²) in [6, 6.07) is 0. The SMILES string of the molecule is OCC1OC(O)CS1.[Ac].[Ac]. The molecule has 0 aliphatic carbocycles. The van der Waals surface area contributed by atoms with Gasteiger partial charge in [0.1, 0.15) is 5.44 Å². The molecule has 2 N–H and O–H groups in total. The molecule has 0 amide bonds. The summed E-state index contributed by atoms with van der Waals surface area (Å²) in [5, 5.41) is 17.1. The van der Waals surface area contributed by atoms with Gasteiger partial charge in [-0.25, -0.2) is 0 Å². The average molecular weight is 590 g/mol. The Bertz CT molecular complexity index is 84.9. The standard InChI is InChI=1S/C4H8O3S.2Ac/c5-1-4-7-3(6)2-8-4;;/h3-6H,1-2H2;;. The minimum atomic E-state index is -0.669. The third-order valence-electron chi connectivity index (χ3n) is 0.883. The molecular weight excluding hydrogens is 582 g/mol. The molecule has 0 bridgehead atoms. The summed E-state index contributed by atoms with van der Waals surface area (Å²) in [6.45, 7) is -0.0122. The summed E-state index contributed by atoms with van der Waals surface area (Å²) in [7, 11) is 0. The van der Waals surface area contributed by atoms with Gasteiger partial charge in [-0.1, -0.05) is 0 Å². The summed E-state index contributed by atoms with van der Waals surface area (Å²) in [5.41, 5.74) is -0.204. The molecule has 1 fully saturated rings. The molecule has 0 aromatic carbocycles. The summed E-state index contributed by atoms with van der Waals surface area (Å²) >= 11 is 1.43. The Hall–Kier alpha value is 3.11. The van der Waals surface area contributed by atoms with Gasteiger partial charge in [0.2, 0.25) is 0 Å². The Morgan fingerprint density at radius 3 is 2.30 bits per heavy atom. The summed E-state index contributed by atoms with van der Waals surface area (Å²) in [4.78, 5) is 0. The minimum absolute atomic E-state index is 0. The van der Waals surface area contributed by atoms with Crippen LogP contribution in [-0.4, -0.2) is 34.3 Å². The van der Waals surface area contributed by atoms with E-state index in [0.717, 1.165) is 0 Å². The van der Waals surface area contributed by atoms with Gasteiger partial charge in [0.25, 0.3) is 0 Å². The molecule has 2 unspecified atom stereocenters. The molecule has 0 aromatic rings. The molecule has 1 heterocycles. The molecule has 54 valence electrons. The van der Waals surface area contributed by atoms with Gasteiger partial charge >= 0.3 is 0 Å². The van der Waals surface area contributed by atoms with Crippen LogP contribution in [0.3, 0.4) is 0 Å². The van der Waals surface area contributed by atoms with Crippen LogP contribution in [0.4, 0.5) is 0 Å². The van der Waals surface area contributed by atoms with Crippen LogP contribution in [0.1, 0.15) is 0 Å². The van der Waals surface area contributed by atoms with Crippen molar-refractivity contribution < 1.29 is 103 Å². The summed E-state index contributed by atoms with van der Waals surface area (Å²) in [5.74, 6) is 0.575. The monoisotopic (exact) mass is 590 g/mol. The van der Waals surface area contributed by atoms with Gasteiger partial charge in [-0.15, -0.1) is 11.8 Å². The van der Waals surface area contributed by atoms with Crippen molar-refractivity contribution in [2.45, 2.75) is 11.7 Å². The Labute approximate surface area is 136 Å². The van der Waals surface area contributed by atoms with E-state index >= 15 is 0 Å². The van der Waals surface area contributed by atoms with Crippen LogP contribution in [0.25, 0.3) is 0 Å². The summed E-state index contributed by atoms with van der Waals surface area (Å²) < 4.78 is 4.78. The molecule has 6 heteroatoms. The number of rotatable bonds is 1. The molecule has 2 atom stereocenters. The zero-order chi connectivity index (χ0) is 5.98. The van der Waals surface area contributed by atoms with Crippen molar-refractivity contribution in [1.82, 2.24) is 0 Å². The van der Waals surface area contributed by atoms with Gasteiger partial charge in [-0.3, -0.25) is 0 Å². The quantitative estimate of drug-likeness (QED) is 0.429. The Morgan fingerprint density at radius 1 is 1.50 bits per heavy atom. The molecular formula is C4H8Ac2O3S. The first-order valence-corrected chi connectivity index (χ1v) is 3.44. The molecule has 1 saturated heterocycles. The molecule has 10 heavy (non-hydrogen) atoms. The predicted octanol–water partition coefficient (Wildman–Crippen LogP) is -0.613. The number of hydrogen-bond donors (Lipinski definition) is 2. The Morgan fingerprint density at radius 2 is 2.10 bits per heavy atom. The first-order chi connectivity index (χ1) is 3.83. The molecule has 1 aliphatic heterocycles. The van der Waals surface area contributed by atoms with Gasteiger partial charge in [-0.2, -0.15) is 0 Å². The minimum Gasteiger partial charge on any atom is -0.393 e. The van der Waals surface area contributed by atoms with Crippen molar-refractivity contribution in [3.05, 3.63) is 0 Å². The molecule has 0 aromatic heterocycles. The molecule has 3 nitrogen and oxygen atoms in total. The van der Waals surface area contributed by atoms with Gasteiger partial charge in [0.15, 0.2) is 6.29 Å². The fraction of sp³-hybridized carbons (Fsp3) is 1.00. The van der Waals surface area contributed by atoms with E-state index in [9.17, 15) is 0 Å². The predicted molar refractivity (Wildman–Crippen MR) is 30.4 cm³/mol. The maximum absolute atomic E-state index is 8.68. The van der Waals surface area contributed by atoms with E-state index in [2.05, 4.69) is 0 Å². The van der Waals surface area contributed by atoms with Gasteiger partial charge in [0.05, 0.1) is 6.61 Å². The third kappa shape index (κ3) is 5.71. The van der Waals surface area contributed by atoms with Gasteiger partial charge in [0, 0.05) is 93.9 Å². The van der Waals surface area contributed by atoms with Crippen molar-refractivity contribution >= 4 is 11.8 Å². The van der Waals surface area contributed by atoms with Crippen LogP contribution < -0.4 is 0 Å². The van der Waals surface area contributed by atoms with E-state index in [1.807, 2.05) is 0 Å². The van der Waals surface area contributed by atoms with Crippen molar-refractivity contribution in [3.63, 3.8) is 0 Å². The van der Waals surface area contributed by atoms with E-state index in [1.54, 1.807) is 0 Å². The zero-order valence-corrected chi connectivity index (χ0v) is 15.7. The number of thioether (sulfide) groups is 1. The van der Waals surface area contributed by atoms with Crippen molar-refractivity contribution in [1.29, 1.82) is 0 Å². The number of ether oxygens (including phenoxy) is 1. The number of hydrogen-bond acceptors (Lipinski definition) is 4. The second-order valence-corrected chi connectivity index (χ2v) is 2.73. The maximum Gasteiger partial charge on any atom is 0.165 e. The average Bonchev–Trinajstić information content (AvgIpc) is 2.14. The molecule has 1 rings (SSSR count). The largest absolute Gasteiger partial charge is 0.393 e. The summed E-state index contributed by atoms with van der Waals surface area (Å²) in [6.07, 6.45) is -0.669. The molecule has 0 saturated carbocycles. The van der Waals surface area contributed by atoms with Crippen LogP contribution in [0.5, 0.6) is 0 Å². The Balaban J connectivity index is 0. The van der Waals surface area contributed by atoms with E-state index in [4.69, 9.17) is 14.9 Å². The molecule has 1 aliphatic rings. The fourth-order valence-corrected chi connectivity index (χ4v) is 1.31. The van der Waals surface area contributed by atoms with Crippen molar-refractivity contribution in [2.24, 2.45) is 0 Å². The van der Waals surface area contributed by atoms with Crippen LogP contribution in [0.2, 0.25) is 0 Å². The topological polar surface area (TPSA) is 49.7 Å². The smallest absolute Gasteiger partial charge is 0.165 e.